The van der Waals surface area contributed by atoms with Crippen molar-refractivity contribution in [2.75, 3.05) is 18.4 Å². The van der Waals surface area contributed by atoms with Gasteiger partial charge in [0.1, 0.15) is 0 Å². The van der Waals surface area contributed by atoms with Gasteiger partial charge in [0.05, 0.1) is 11.6 Å². The molecule has 2 fully saturated rings. The topological polar surface area (TPSA) is 107 Å². The minimum Gasteiger partial charge on any atom is -0.393 e. The summed E-state index contributed by atoms with van der Waals surface area (Å²) in [5.74, 6) is 0.522. The Hall–Kier alpha value is -2.74. The number of carbonyl (C=O) groups excluding carboxylic acids is 2. The van der Waals surface area contributed by atoms with Gasteiger partial charge in [0.2, 0.25) is 11.9 Å². The third-order valence-corrected chi connectivity index (χ3v) is 6.15. The highest BCUT2D eigenvalue weighted by molar-refractivity contribution is 5.98. The van der Waals surface area contributed by atoms with Crippen LogP contribution in [0.4, 0.5) is 5.95 Å². The molecule has 8 heteroatoms. The summed E-state index contributed by atoms with van der Waals surface area (Å²) in [4.78, 5) is 35.0. The predicted molar refractivity (Wildman–Crippen MR) is 114 cm³/mol. The molecule has 1 saturated carbocycles. The third kappa shape index (κ3) is 4.87. The highest BCUT2D eigenvalue weighted by atomic mass is 16.3. The average Bonchev–Trinajstić information content (AvgIpc) is 2.75. The molecule has 160 valence electrons. The van der Waals surface area contributed by atoms with E-state index in [1.807, 2.05) is 11.0 Å². The molecule has 0 radical (unpaired) electrons. The van der Waals surface area contributed by atoms with Crippen molar-refractivity contribution >= 4 is 28.7 Å². The van der Waals surface area contributed by atoms with Crippen LogP contribution in [-0.2, 0) is 4.79 Å². The second-order valence-electron chi connectivity index (χ2n) is 8.37. The Kier molecular flexibility index (Phi) is 6.13. The normalized spacial score (nSPS) is 22.7. The predicted octanol–water partition coefficient (Wildman–Crippen LogP) is 2.09. The summed E-state index contributed by atoms with van der Waals surface area (Å²) in [7, 11) is 0. The third-order valence-electron chi connectivity index (χ3n) is 6.15. The molecular weight excluding hydrogens is 382 g/mol. The number of hydrogen-bond acceptors (Lipinski definition) is 6. The van der Waals surface area contributed by atoms with E-state index in [9.17, 15) is 14.7 Å². The summed E-state index contributed by atoms with van der Waals surface area (Å²) in [6, 6.07) is 5.80. The summed E-state index contributed by atoms with van der Waals surface area (Å²) < 4.78 is 0. The number of amides is 2. The monoisotopic (exact) mass is 411 g/mol. The number of aliphatic hydroxyl groups is 1. The molecule has 3 N–H and O–H groups in total. The zero-order valence-electron chi connectivity index (χ0n) is 17.3. The van der Waals surface area contributed by atoms with Crippen LogP contribution in [0.25, 0.3) is 10.9 Å². The molecule has 1 aromatic heterocycles. The minimum absolute atomic E-state index is 0.0769. The number of nitrogens with one attached hydrogen (secondary N) is 2. The van der Waals surface area contributed by atoms with Crippen LogP contribution in [0.2, 0.25) is 0 Å². The van der Waals surface area contributed by atoms with Gasteiger partial charge in [0.25, 0.3) is 5.91 Å². The van der Waals surface area contributed by atoms with Crippen LogP contribution in [0.15, 0.2) is 24.4 Å². The molecular formula is C22H29N5O3. The van der Waals surface area contributed by atoms with E-state index in [1.54, 1.807) is 25.3 Å². The first-order valence-electron chi connectivity index (χ1n) is 10.8. The highest BCUT2D eigenvalue weighted by Crippen LogP contribution is 2.22. The van der Waals surface area contributed by atoms with Crippen molar-refractivity contribution in [1.82, 2.24) is 20.2 Å². The maximum absolute atomic E-state index is 12.7. The molecule has 30 heavy (non-hydrogen) atoms. The van der Waals surface area contributed by atoms with Gasteiger partial charge >= 0.3 is 0 Å². The van der Waals surface area contributed by atoms with Gasteiger partial charge in [-0.25, -0.2) is 9.97 Å². The van der Waals surface area contributed by atoms with Crippen molar-refractivity contribution in [1.29, 1.82) is 0 Å². The number of rotatable bonds is 4. The van der Waals surface area contributed by atoms with Crippen molar-refractivity contribution in [2.24, 2.45) is 0 Å². The van der Waals surface area contributed by atoms with Crippen LogP contribution >= 0.6 is 0 Å². The first kappa shape index (κ1) is 20.5. The number of carbonyl (C=O) groups is 2. The Balaban J connectivity index is 1.40. The lowest BCUT2D eigenvalue weighted by Crippen LogP contribution is -2.46. The number of fused-ring (bicyclic) bond motifs is 1. The molecule has 1 saturated heterocycles. The lowest BCUT2D eigenvalue weighted by Gasteiger charge is -2.31. The number of aromatic nitrogens is 2. The van der Waals surface area contributed by atoms with Crippen molar-refractivity contribution < 1.29 is 14.7 Å². The van der Waals surface area contributed by atoms with Crippen LogP contribution in [0.5, 0.6) is 0 Å². The first-order valence-corrected chi connectivity index (χ1v) is 10.8. The van der Waals surface area contributed by atoms with Crippen molar-refractivity contribution in [3.63, 3.8) is 0 Å². The van der Waals surface area contributed by atoms with E-state index in [-0.39, 0.29) is 30.0 Å². The van der Waals surface area contributed by atoms with E-state index < -0.39 is 0 Å². The molecule has 2 heterocycles. The van der Waals surface area contributed by atoms with E-state index in [1.165, 1.54) is 0 Å². The average molecular weight is 412 g/mol. The summed E-state index contributed by atoms with van der Waals surface area (Å²) >= 11 is 0. The van der Waals surface area contributed by atoms with Gasteiger partial charge < -0.3 is 20.6 Å². The van der Waals surface area contributed by atoms with Gasteiger partial charge in [-0.1, -0.05) is 6.07 Å². The van der Waals surface area contributed by atoms with Crippen LogP contribution in [0.1, 0.15) is 55.8 Å². The quantitative estimate of drug-likeness (QED) is 0.711. The summed E-state index contributed by atoms with van der Waals surface area (Å²) in [5.41, 5.74) is 1.30. The number of likely N-dealkylation sites (tertiary alicyclic amines) is 1. The van der Waals surface area contributed by atoms with E-state index in [2.05, 4.69) is 20.6 Å². The molecule has 0 spiro atoms. The zero-order valence-corrected chi connectivity index (χ0v) is 17.3. The zero-order chi connectivity index (χ0) is 21.1. The van der Waals surface area contributed by atoms with Crippen molar-refractivity contribution in [2.45, 2.75) is 63.6 Å². The number of benzene rings is 1. The molecule has 2 aromatic rings. The summed E-state index contributed by atoms with van der Waals surface area (Å²) in [6.07, 6.45) is 6.48. The maximum Gasteiger partial charge on any atom is 0.251 e. The van der Waals surface area contributed by atoms with Gasteiger partial charge in [0.15, 0.2) is 0 Å². The molecule has 4 rings (SSSR count). The van der Waals surface area contributed by atoms with Crippen molar-refractivity contribution in [3.8, 4) is 0 Å². The van der Waals surface area contributed by atoms with Crippen LogP contribution in [0.3, 0.4) is 0 Å². The summed E-state index contributed by atoms with van der Waals surface area (Å²) in [6.45, 7) is 2.94. The number of anilines is 1. The highest BCUT2D eigenvalue weighted by Gasteiger charge is 2.23. The SMILES string of the molecule is CC(=O)N1CCC(NC(=O)c2ccc3cnc(N[C@H]4CC[C@H](O)CC4)nc3c2)CC1. The van der Waals surface area contributed by atoms with E-state index in [0.29, 0.717) is 24.6 Å². The maximum atomic E-state index is 12.7. The van der Waals surface area contributed by atoms with Gasteiger partial charge in [-0.3, -0.25) is 9.59 Å². The second kappa shape index (κ2) is 8.95. The minimum atomic E-state index is -0.198. The number of piperidine rings is 1. The number of aliphatic hydroxyl groups excluding tert-OH is 1. The van der Waals surface area contributed by atoms with Gasteiger partial charge in [-0.15, -0.1) is 0 Å². The number of hydrogen-bond donors (Lipinski definition) is 3. The van der Waals surface area contributed by atoms with Gasteiger partial charge in [0, 0.05) is 49.2 Å². The Morgan fingerprint density at radius 1 is 1.07 bits per heavy atom. The molecule has 1 aliphatic carbocycles. The molecule has 2 aliphatic rings. The lowest BCUT2D eigenvalue weighted by molar-refractivity contribution is -0.129. The molecule has 2 amide bonds. The van der Waals surface area contributed by atoms with E-state index in [0.717, 1.165) is 49.4 Å². The number of nitrogens with zero attached hydrogens (tertiary/aromatic N) is 3. The Morgan fingerprint density at radius 3 is 2.50 bits per heavy atom. The molecule has 0 atom stereocenters. The molecule has 0 unspecified atom stereocenters. The van der Waals surface area contributed by atoms with E-state index in [4.69, 9.17) is 0 Å². The fraction of sp³-hybridized carbons (Fsp3) is 0.545. The largest absolute Gasteiger partial charge is 0.393 e. The van der Waals surface area contributed by atoms with E-state index >= 15 is 0 Å². The van der Waals surface area contributed by atoms with Gasteiger partial charge in [-0.05, 0) is 50.7 Å². The van der Waals surface area contributed by atoms with Crippen LogP contribution < -0.4 is 10.6 Å². The second-order valence-corrected chi connectivity index (χ2v) is 8.37. The fourth-order valence-electron chi connectivity index (χ4n) is 4.24. The summed E-state index contributed by atoms with van der Waals surface area (Å²) in [5, 5.41) is 17.0. The molecule has 0 bridgehead atoms. The smallest absolute Gasteiger partial charge is 0.251 e. The van der Waals surface area contributed by atoms with Crippen molar-refractivity contribution in [3.05, 3.63) is 30.0 Å². The Bertz CT molecular complexity index is 918. The van der Waals surface area contributed by atoms with Gasteiger partial charge in [-0.2, -0.15) is 0 Å². The molecule has 8 nitrogen and oxygen atoms in total. The van der Waals surface area contributed by atoms with Crippen LogP contribution in [-0.4, -0.2) is 63.1 Å². The Morgan fingerprint density at radius 2 is 1.80 bits per heavy atom. The standard InChI is InChI=1S/C22H29N5O3/c1-14(28)27-10-8-18(9-11-27)24-21(30)15-2-3-16-13-23-22(26-20(16)12-15)25-17-4-6-19(29)7-5-17/h2-3,12-13,17-19,29H,4-11H2,1H3,(H,24,30)(H,23,25,26)/t17-,19-. The molecule has 1 aliphatic heterocycles. The first-order chi connectivity index (χ1) is 14.5. The fourth-order valence-corrected chi connectivity index (χ4v) is 4.24. The lowest BCUT2D eigenvalue weighted by atomic mass is 9.93. The molecule has 1 aromatic carbocycles. The van der Waals surface area contributed by atoms with Crippen LogP contribution in [0, 0.1) is 0 Å². The Labute approximate surface area is 176 Å².